The summed E-state index contributed by atoms with van der Waals surface area (Å²) < 4.78 is 0. The number of para-hydroxylation sites is 1. The molecule has 5 heteroatoms. The van der Waals surface area contributed by atoms with Crippen molar-refractivity contribution in [3.63, 3.8) is 0 Å². The molecule has 0 fully saturated rings. The number of aliphatic hydroxyl groups is 2. The summed E-state index contributed by atoms with van der Waals surface area (Å²) in [6.45, 7) is 1.64. The zero-order valence-electron chi connectivity index (χ0n) is 8.21. The summed E-state index contributed by atoms with van der Waals surface area (Å²) in [5, 5.41) is 28.4. The normalized spacial score (nSPS) is 14.6. The zero-order chi connectivity index (χ0) is 11.6. The van der Waals surface area contributed by atoms with Crippen molar-refractivity contribution < 1.29 is 20.1 Å². The molecule has 1 aromatic carbocycles. The molecule has 0 radical (unpaired) electrons. The first-order valence-electron chi connectivity index (χ1n) is 4.39. The van der Waals surface area contributed by atoms with Gasteiger partial charge in [-0.1, -0.05) is 18.2 Å². The minimum Gasteiger partial charge on any atom is -0.507 e. The van der Waals surface area contributed by atoms with Crippen molar-refractivity contribution in [2.24, 2.45) is 5.73 Å². The third-order valence-corrected chi connectivity index (χ3v) is 2.18. The number of nitrogens with two attached hydrogens (primary N) is 1. The second-order valence-electron chi connectivity index (χ2n) is 3.30. The lowest BCUT2D eigenvalue weighted by molar-refractivity contribution is -0.132. The Morgan fingerprint density at radius 1 is 1.40 bits per heavy atom. The van der Waals surface area contributed by atoms with E-state index in [1.165, 1.54) is 6.07 Å². The van der Waals surface area contributed by atoms with E-state index in [9.17, 15) is 20.1 Å². The lowest BCUT2D eigenvalue weighted by Gasteiger charge is -2.17. The number of amides is 1. The number of aryl methyl sites for hydroxylation is 1. The SMILES string of the molecule is Cc1cccc(C(O)C(O)C(N)=O)c1O. The fourth-order valence-corrected chi connectivity index (χ4v) is 1.25. The molecule has 0 aliphatic heterocycles. The molecule has 1 rings (SSSR count). The number of phenolic OH excluding ortho intramolecular Hbond substituents is 1. The van der Waals surface area contributed by atoms with Crippen LogP contribution in [0.5, 0.6) is 5.75 Å². The molecule has 0 aliphatic rings. The smallest absolute Gasteiger partial charge is 0.249 e. The number of aromatic hydroxyl groups is 1. The molecule has 1 aromatic rings. The number of benzene rings is 1. The minimum absolute atomic E-state index is 0.0845. The number of hydrogen-bond acceptors (Lipinski definition) is 4. The maximum Gasteiger partial charge on any atom is 0.249 e. The Hall–Kier alpha value is -1.59. The average molecular weight is 211 g/mol. The van der Waals surface area contributed by atoms with Gasteiger partial charge in [-0.15, -0.1) is 0 Å². The van der Waals surface area contributed by atoms with E-state index in [-0.39, 0.29) is 11.3 Å². The van der Waals surface area contributed by atoms with Gasteiger partial charge >= 0.3 is 0 Å². The number of primary amides is 1. The second kappa shape index (κ2) is 4.29. The Morgan fingerprint density at radius 2 is 2.00 bits per heavy atom. The summed E-state index contributed by atoms with van der Waals surface area (Å²) in [6, 6.07) is 4.66. The van der Waals surface area contributed by atoms with Gasteiger partial charge < -0.3 is 21.1 Å². The molecule has 15 heavy (non-hydrogen) atoms. The highest BCUT2D eigenvalue weighted by Crippen LogP contribution is 2.28. The van der Waals surface area contributed by atoms with E-state index < -0.39 is 18.1 Å². The predicted molar refractivity (Wildman–Crippen MR) is 53.0 cm³/mol. The molecule has 0 spiro atoms. The minimum atomic E-state index is -1.72. The Bertz CT molecular complexity index is 378. The Kier molecular flexibility index (Phi) is 3.28. The van der Waals surface area contributed by atoms with Crippen LogP contribution in [0, 0.1) is 6.92 Å². The average Bonchev–Trinajstić information content (AvgIpc) is 2.20. The van der Waals surface area contributed by atoms with Crippen LogP contribution in [-0.4, -0.2) is 27.3 Å². The van der Waals surface area contributed by atoms with E-state index >= 15 is 0 Å². The number of rotatable bonds is 3. The van der Waals surface area contributed by atoms with Crippen molar-refractivity contribution >= 4 is 5.91 Å². The summed E-state index contributed by atoms with van der Waals surface area (Å²) in [4.78, 5) is 10.6. The quantitative estimate of drug-likeness (QED) is 0.545. The first-order chi connectivity index (χ1) is 6.95. The van der Waals surface area contributed by atoms with Crippen molar-refractivity contribution in [2.45, 2.75) is 19.1 Å². The van der Waals surface area contributed by atoms with Crippen LogP contribution in [0.4, 0.5) is 0 Å². The highest BCUT2D eigenvalue weighted by Gasteiger charge is 2.25. The highest BCUT2D eigenvalue weighted by atomic mass is 16.3. The van der Waals surface area contributed by atoms with E-state index in [2.05, 4.69) is 0 Å². The maximum absolute atomic E-state index is 10.6. The van der Waals surface area contributed by atoms with Crippen molar-refractivity contribution in [3.8, 4) is 5.75 Å². The molecule has 5 N–H and O–H groups in total. The summed E-state index contributed by atoms with van der Waals surface area (Å²) >= 11 is 0. The van der Waals surface area contributed by atoms with Crippen LogP contribution in [0.3, 0.4) is 0 Å². The topological polar surface area (TPSA) is 104 Å². The second-order valence-corrected chi connectivity index (χ2v) is 3.30. The molecule has 2 atom stereocenters. The van der Waals surface area contributed by atoms with Gasteiger partial charge in [-0.2, -0.15) is 0 Å². The summed E-state index contributed by atoms with van der Waals surface area (Å²) in [7, 11) is 0. The fourth-order valence-electron chi connectivity index (χ4n) is 1.25. The zero-order valence-corrected chi connectivity index (χ0v) is 8.21. The van der Waals surface area contributed by atoms with Crippen molar-refractivity contribution in [1.29, 1.82) is 0 Å². The fraction of sp³-hybridized carbons (Fsp3) is 0.300. The predicted octanol–water partition coefficient (Wildman–Crippen LogP) is -0.420. The summed E-state index contributed by atoms with van der Waals surface area (Å²) in [6.07, 6.45) is -3.24. The first kappa shape index (κ1) is 11.5. The van der Waals surface area contributed by atoms with Crippen LogP contribution < -0.4 is 5.73 Å². The standard InChI is InChI=1S/C10H13NO4/c1-5-3-2-4-6(7(5)12)8(13)9(14)10(11)15/h2-4,8-9,12-14H,1H3,(H2,11,15). The van der Waals surface area contributed by atoms with Gasteiger partial charge in [0, 0.05) is 5.56 Å². The van der Waals surface area contributed by atoms with Crippen LogP contribution in [0.25, 0.3) is 0 Å². The third-order valence-electron chi connectivity index (χ3n) is 2.18. The molecular formula is C10H13NO4. The molecule has 0 saturated carbocycles. The monoisotopic (exact) mass is 211 g/mol. The van der Waals surface area contributed by atoms with E-state index in [1.807, 2.05) is 0 Å². The largest absolute Gasteiger partial charge is 0.507 e. The van der Waals surface area contributed by atoms with Gasteiger partial charge in [-0.3, -0.25) is 4.79 Å². The molecule has 0 saturated heterocycles. The molecule has 0 heterocycles. The lowest BCUT2D eigenvalue weighted by Crippen LogP contribution is -2.33. The van der Waals surface area contributed by atoms with Crippen LogP contribution >= 0.6 is 0 Å². The van der Waals surface area contributed by atoms with Crippen LogP contribution in [0.2, 0.25) is 0 Å². The molecule has 0 aromatic heterocycles. The Morgan fingerprint density at radius 3 is 2.53 bits per heavy atom. The van der Waals surface area contributed by atoms with Gasteiger partial charge in [0.1, 0.15) is 11.9 Å². The number of carbonyl (C=O) groups is 1. The van der Waals surface area contributed by atoms with Gasteiger partial charge in [0.15, 0.2) is 6.10 Å². The Balaban J connectivity index is 3.06. The van der Waals surface area contributed by atoms with Crippen LogP contribution in [-0.2, 0) is 4.79 Å². The Labute approximate surface area is 86.8 Å². The van der Waals surface area contributed by atoms with Gasteiger partial charge in [-0.05, 0) is 12.5 Å². The van der Waals surface area contributed by atoms with Crippen molar-refractivity contribution in [1.82, 2.24) is 0 Å². The summed E-state index contributed by atoms with van der Waals surface area (Å²) in [5.74, 6) is -1.19. The molecule has 2 unspecified atom stereocenters. The van der Waals surface area contributed by atoms with Crippen molar-refractivity contribution in [2.75, 3.05) is 0 Å². The summed E-state index contributed by atoms with van der Waals surface area (Å²) in [5.41, 5.74) is 5.46. The van der Waals surface area contributed by atoms with Gasteiger partial charge in [0.2, 0.25) is 5.91 Å². The molecular weight excluding hydrogens is 198 g/mol. The van der Waals surface area contributed by atoms with E-state index in [0.717, 1.165) is 0 Å². The molecule has 0 aliphatic carbocycles. The number of carbonyl (C=O) groups excluding carboxylic acids is 1. The first-order valence-corrected chi connectivity index (χ1v) is 4.39. The van der Waals surface area contributed by atoms with E-state index in [4.69, 9.17) is 5.73 Å². The van der Waals surface area contributed by atoms with Gasteiger partial charge in [0.25, 0.3) is 0 Å². The van der Waals surface area contributed by atoms with Crippen molar-refractivity contribution in [3.05, 3.63) is 29.3 Å². The van der Waals surface area contributed by atoms with Gasteiger partial charge in [0.05, 0.1) is 0 Å². The van der Waals surface area contributed by atoms with Crippen LogP contribution in [0.1, 0.15) is 17.2 Å². The number of aliphatic hydroxyl groups excluding tert-OH is 2. The third kappa shape index (κ3) is 2.26. The van der Waals surface area contributed by atoms with E-state index in [1.54, 1.807) is 19.1 Å². The number of phenols is 1. The molecule has 5 nitrogen and oxygen atoms in total. The number of hydrogen-bond donors (Lipinski definition) is 4. The maximum atomic E-state index is 10.6. The van der Waals surface area contributed by atoms with E-state index in [0.29, 0.717) is 5.56 Å². The molecule has 1 amide bonds. The highest BCUT2D eigenvalue weighted by molar-refractivity contribution is 5.79. The molecule has 82 valence electrons. The molecule has 0 bridgehead atoms. The lowest BCUT2D eigenvalue weighted by atomic mass is 10.0. The van der Waals surface area contributed by atoms with Gasteiger partial charge in [-0.25, -0.2) is 0 Å². The van der Waals surface area contributed by atoms with Crippen LogP contribution in [0.15, 0.2) is 18.2 Å².